The predicted molar refractivity (Wildman–Crippen MR) is 80.6 cm³/mol. The van der Waals surface area contributed by atoms with Crippen molar-refractivity contribution in [2.24, 2.45) is 0 Å². The van der Waals surface area contributed by atoms with Crippen LogP contribution in [0.3, 0.4) is 0 Å². The molecule has 1 aliphatic carbocycles. The van der Waals surface area contributed by atoms with E-state index in [1.807, 2.05) is 18.2 Å². The van der Waals surface area contributed by atoms with Crippen molar-refractivity contribution < 1.29 is 14.6 Å². The molecule has 21 heavy (non-hydrogen) atoms. The summed E-state index contributed by atoms with van der Waals surface area (Å²) in [6.07, 6.45) is 7.13. The molecule has 1 saturated carbocycles. The van der Waals surface area contributed by atoms with Crippen LogP contribution in [0.4, 0.5) is 5.69 Å². The maximum Gasteiger partial charge on any atom is 0.339 e. The summed E-state index contributed by atoms with van der Waals surface area (Å²) in [7, 11) is 0. The van der Waals surface area contributed by atoms with Gasteiger partial charge in [0.1, 0.15) is 11.3 Å². The molecule has 0 amide bonds. The van der Waals surface area contributed by atoms with Gasteiger partial charge in [0.15, 0.2) is 0 Å². The number of nitrogen functional groups attached to an aromatic ring is 1. The van der Waals surface area contributed by atoms with Crippen molar-refractivity contribution >= 4 is 22.6 Å². The number of nitrogens with two attached hydrogens (primary N) is 1. The summed E-state index contributed by atoms with van der Waals surface area (Å²) in [5, 5.41) is 9.78. The van der Waals surface area contributed by atoms with Crippen LogP contribution in [-0.2, 0) is 0 Å². The zero-order chi connectivity index (χ0) is 14.8. The molecule has 5 nitrogen and oxygen atoms in total. The van der Waals surface area contributed by atoms with E-state index in [1.54, 1.807) is 0 Å². The van der Waals surface area contributed by atoms with Gasteiger partial charge in [0, 0.05) is 6.20 Å². The number of carbonyl (C=O) groups is 1. The summed E-state index contributed by atoms with van der Waals surface area (Å²) in [6, 6.07) is 5.50. The Hall–Kier alpha value is -2.30. The highest BCUT2D eigenvalue weighted by atomic mass is 16.5. The van der Waals surface area contributed by atoms with E-state index >= 15 is 0 Å². The van der Waals surface area contributed by atoms with Gasteiger partial charge in [-0.3, -0.25) is 4.98 Å². The third-order valence-corrected chi connectivity index (χ3v) is 3.97. The largest absolute Gasteiger partial charge is 0.490 e. The van der Waals surface area contributed by atoms with Crippen molar-refractivity contribution in [2.75, 3.05) is 5.73 Å². The van der Waals surface area contributed by atoms with Gasteiger partial charge in [-0.15, -0.1) is 0 Å². The third-order valence-electron chi connectivity index (χ3n) is 3.97. The number of carboxylic acids is 1. The van der Waals surface area contributed by atoms with Gasteiger partial charge in [0.2, 0.25) is 0 Å². The second kappa shape index (κ2) is 5.60. The molecule has 110 valence electrons. The minimum Gasteiger partial charge on any atom is -0.490 e. The van der Waals surface area contributed by atoms with Gasteiger partial charge in [-0.2, -0.15) is 0 Å². The van der Waals surface area contributed by atoms with Crippen LogP contribution in [0.2, 0.25) is 0 Å². The zero-order valence-corrected chi connectivity index (χ0v) is 11.7. The monoisotopic (exact) mass is 286 g/mol. The van der Waals surface area contributed by atoms with E-state index in [2.05, 4.69) is 4.98 Å². The van der Waals surface area contributed by atoms with E-state index in [-0.39, 0.29) is 17.4 Å². The molecule has 2 aromatic rings. The fraction of sp³-hybridized carbons (Fsp3) is 0.375. The van der Waals surface area contributed by atoms with E-state index in [0.29, 0.717) is 16.7 Å². The van der Waals surface area contributed by atoms with Crippen molar-refractivity contribution in [2.45, 2.75) is 38.2 Å². The van der Waals surface area contributed by atoms with Gasteiger partial charge >= 0.3 is 5.97 Å². The Morgan fingerprint density at radius 1 is 1.29 bits per heavy atom. The molecule has 3 rings (SSSR count). The molecule has 0 spiro atoms. The van der Waals surface area contributed by atoms with E-state index in [9.17, 15) is 9.90 Å². The lowest BCUT2D eigenvalue weighted by Crippen LogP contribution is -2.20. The smallest absolute Gasteiger partial charge is 0.339 e. The number of aromatic nitrogens is 1. The highest BCUT2D eigenvalue weighted by molar-refractivity contribution is 6.05. The van der Waals surface area contributed by atoms with Crippen molar-refractivity contribution in [3.63, 3.8) is 0 Å². The molecule has 0 unspecified atom stereocenters. The molecule has 1 aromatic carbocycles. The Morgan fingerprint density at radius 2 is 2.05 bits per heavy atom. The average Bonchev–Trinajstić information content (AvgIpc) is 2.48. The van der Waals surface area contributed by atoms with E-state index in [4.69, 9.17) is 10.5 Å². The second-order valence-corrected chi connectivity index (χ2v) is 5.42. The van der Waals surface area contributed by atoms with Gasteiger partial charge in [-0.25, -0.2) is 4.79 Å². The van der Waals surface area contributed by atoms with Crippen LogP contribution in [0.25, 0.3) is 10.9 Å². The number of ether oxygens (including phenoxy) is 1. The number of benzene rings is 1. The molecule has 0 aliphatic heterocycles. The van der Waals surface area contributed by atoms with Crippen LogP contribution in [0.1, 0.15) is 42.5 Å². The number of carboxylic acid groups (broad SMARTS) is 1. The summed E-state index contributed by atoms with van der Waals surface area (Å²) >= 11 is 0. The van der Waals surface area contributed by atoms with Gasteiger partial charge < -0.3 is 15.6 Å². The number of pyridine rings is 1. The molecule has 0 radical (unpaired) electrons. The summed E-state index contributed by atoms with van der Waals surface area (Å²) in [5.74, 6) is -0.443. The number of anilines is 1. The van der Waals surface area contributed by atoms with Gasteiger partial charge in [0.25, 0.3) is 0 Å². The summed E-state index contributed by atoms with van der Waals surface area (Å²) in [5.41, 5.74) is 6.92. The number of aromatic carboxylic acids is 1. The van der Waals surface area contributed by atoms with E-state index in [1.165, 1.54) is 25.5 Å². The Labute approximate surface area is 122 Å². The van der Waals surface area contributed by atoms with Crippen LogP contribution in [0, 0.1) is 0 Å². The molecule has 5 heteroatoms. The van der Waals surface area contributed by atoms with Gasteiger partial charge in [-0.05, 0) is 37.8 Å². The molecule has 1 fully saturated rings. The Morgan fingerprint density at radius 3 is 2.76 bits per heavy atom. The molecule has 1 aromatic heterocycles. The Balaban J connectivity index is 2.04. The van der Waals surface area contributed by atoms with Crippen LogP contribution in [0.15, 0.2) is 24.4 Å². The maximum absolute atomic E-state index is 11.2. The minimum atomic E-state index is -1.07. The second-order valence-electron chi connectivity index (χ2n) is 5.42. The number of hydrogen-bond acceptors (Lipinski definition) is 4. The number of fused-ring (bicyclic) bond motifs is 1. The van der Waals surface area contributed by atoms with E-state index in [0.717, 1.165) is 12.8 Å². The van der Waals surface area contributed by atoms with Crippen LogP contribution in [-0.4, -0.2) is 22.2 Å². The molecule has 1 heterocycles. The van der Waals surface area contributed by atoms with Crippen molar-refractivity contribution in [1.29, 1.82) is 0 Å². The molecule has 0 saturated heterocycles. The summed E-state index contributed by atoms with van der Waals surface area (Å²) in [4.78, 5) is 15.4. The topological polar surface area (TPSA) is 85.4 Å². The minimum absolute atomic E-state index is 0.0159. The molecular formula is C16H18N2O3. The van der Waals surface area contributed by atoms with Gasteiger partial charge in [-0.1, -0.05) is 12.5 Å². The van der Waals surface area contributed by atoms with E-state index < -0.39 is 5.97 Å². The van der Waals surface area contributed by atoms with Crippen LogP contribution in [0.5, 0.6) is 5.75 Å². The zero-order valence-electron chi connectivity index (χ0n) is 11.7. The molecule has 0 bridgehead atoms. The normalized spacial score (nSPS) is 16.0. The fourth-order valence-electron chi connectivity index (χ4n) is 2.87. The quantitative estimate of drug-likeness (QED) is 0.904. The lowest BCUT2D eigenvalue weighted by Gasteiger charge is -2.24. The Bertz CT molecular complexity index is 679. The summed E-state index contributed by atoms with van der Waals surface area (Å²) in [6.45, 7) is 0. The number of nitrogens with zero attached hydrogens (tertiary/aromatic N) is 1. The summed E-state index contributed by atoms with van der Waals surface area (Å²) < 4.78 is 6.07. The van der Waals surface area contributed by atoms with Gasteiger partial charge in [0.05, 0.1) is 22.7 Å². The van der Waals surface area contributed by atoms with Crippen molar-refractivity contribution in [3.8, 4) is 5.75 Å². The SMILES string of the molecule is Nc1c(C(=O)O)cnc2cccc(OC3CCCCC3)c12. The predicted octanol–water partition coefficient (Wildman–Crippen LogP) is 3.23. The first-order valence-electron chi connectivity index (χ1n) is 7.24. The highest BCUT2D eigenvalue weighted by Crippen LogP contribution is 2.34. The first-order valence-corrected chi connectivity index (χ1v) is 7.24. The molecule has 0 atom stereocenters. The number of hydrogen-bond donors (Lipinski definition) is 2. The lowest BCUT2D eigenvalue weighted by atomic mass is 9.97. The van der Waals surface area contributed by atoms with Crippen molar-refractivity contribution in [3.05, 3.63) is 30.0 Å². The molecule has 1 aliphatic rings. The fourth-order valence-corrected chi connectivity index (χ4v) is 2.87. The third kappa shape index (κ3) is 2.63. The maximum atomic E-state index is 11.2. The van der Waals surface area contributed by atoms with Crippen molar-refractivity contribution in [1.82, 2.24) is 4.98 Å². The van der Waals surface area contributed by atoms with Crippen LogP contribution < -0.4 is 10.5 Å². The highest BCUT2D eigenvalue weighted by Gasteiger charge is 2.19. The Kier molecular flexibility index (Phi) is 3.64. The van der Waals surface area contributed by atoms with Crippen LogP contribution >= 0.6 is 0 Å². The molecule has 3 N–H and O–H groups in total. The first kappa shape index (κ1) is 13.7. The lowest BCUT2D eigenvalue weighted by molar-refractivity contribution is 0.0698. The molecular weight excluding hydrogens is 268 g/mol. The number of rotatable bonds is 3. The average molecular weight is 286 g/mol. The standard InChI is InChI=1S/C16H18N2O3/c17-15-11(16(19)20)9-18-12-7-4-8-13(14(12)15)21-10-5-2-1-3-6-10/h4,7-10H,1-3,5-6H2,(H2,17,18)(H,19,20). The first-order chi connectivity index (χ1) is 10.2.